The van der Waals surface area contributed by atoms with Crippen LogP contribution in [0.3, 0.4) is 0 Å². The van der Waals surface area contributed by atoms with Gasteiger partial charge in [-0.05, 0) is 90.9 Å². The van der Waals surface area contributed by atoms with Gasteiger partial charge in [-0.1, -0.05) is 135 Å². The Morgan fingerprint density at radius 3 is 1.44 bits per heavy atom. The first kappa shape index (κ1) is 40.0. The largest absolute Gasteiger partial charge is 0.310 e. The molecule has 2 aliphatic heterocycles. The second-order valence-corrected chi connectivity index (χ2v) is 15.7. The third-order valence-corrected chi connectivity index (χ3v) is 11.5. The van der Waals surface area contributed by atoms with E-state index in [4.69, 9.17) is 0 Å². The normalized spacial score (nSPS) is 14.2. The van der Waals surface area contributed by atoms with Crippen molar-refractivity contribution in [3.05, 3.63) is 92.5 Å². The molecule has 0 amide bonds. The van der Waals surface area contributed by atoms with Crippen LogP contribution in [0.2, 0.25) is 0 Å². The van der Waals surface area contributed by atoms with Gasteiger partial charge in [0.25, 0.3) is 5.69 Å². The van der Waals surface area contributed by atoms with Crippen molar-refractivity contribution in [3.63, 3.8) is 0 Å². The highest BCUT2D eigenvalue weighted by atomic mass is 16.6. The lowest BCUT2D eigenvalue weighted by Crippen LogP contribution is -2.20. The van der Waals surface area contributed by atoms with Gasteiger partial charge in [0.05, 0.1) is 10.6 Å². The van der Waals surface area contributed by atoms with Gasteiger partial charge in [0.2, 0.25) is 0 Å². The van der Waals surface area contributed by atoms with Crippen molar-refractivity contribution in [1.82, 2.24) is 9.80 Å². The molecule has 0 aliphatic carbocycles. The molecule has 0 bridgehead atoms. The fraction of sp³-hybridized carbons (Fsp3) is 0.609. The number of rotatable bonds is 25. The van der Waals surface area contributed by atoms with E-state index in [1.54, 1.807) is 28.8 Å². The highest BCUT2D eigenvalue weighted by molar-refractivity contribution is 5.84. The van der Waals surface area contributed by atoms with Crippen molar-refractivity contribution in [2.45, 2.75) is 169 Å². The molecule has 0 aromatic heterocycles. The first-order valence-corrected chi connectivity index (χ1v) is 21.3. The topological polar surface area (TPSA) is 52.9 Å². The van der Waals surface area contributed by atoms with E-state index < -0.39 is 0 Å². The molecule has 2 aliphatic rings. The molecule has 0 N–H and O–H groups in total. The van der Waals surface area contributed by atoms with Crippen LogP contribution >= 0.6 is 0 Å². The van der Waals surface area contributed by atoms with E-state index in [2.05, 4.69) is 65.8 Å². The van der Waals surface area contributed by atoms with Crippen molar-refractivity contribution in [2.75, 3.05) is 18.0 Å². The summed E-state index contributed by atoms with van der Waals surface area (Å²) in [6, 6.07) is 18.0. The Bertz CT molecular complexity index is 1450. The van der Waals surface area contributed by atoms with Crippen LogP contribution in [0.25, 0.3) is 0 Å². The van der Waals surface area contributed by atoms with E-state index in [-0.39, 0.29) is 10.6 Å². The second kappa shape index (κ2) is 21.5. The molecule has 6 heteroatoms. The van der Waals surface area contributed by atoms with Crippen LogP contribution in [0.5, 0.6) is 0 Å². The Morgan fingerprint density at radius 2 is 0.962 bits per heavy atom. The van der Waals surface area contributed by atoms with Gasteiger partial charge < -0.3 is 4.90 Å². The average Bonchev–Trinajstić information content (AvgIpc) is 3.78. The zero-order chi connectivity index (χ0) is 36.5. The lowest BCUT2D eigenvalue weighted by molar-refractivity contribution is -0.384. The Hall–Kier alpha value is -3.22. The predicted octanol–water partition coefficient (Wildman–Crippen LogP) is 13.3. The van der Waals surface area contributed by atoms with E-state index >= 15 is 0 Å². The molecule has 5 rings (SSSR count). The minimum atomic E-state index is -0.288. The number of hydrogen-bond acceptors (Lipinski definition) is 5. The van der Waals surface area contributed by atoms with Crippen molar-refractivity contribution in [1.29, 1.82) is 0 Å². The third kappa shape index (κ3) is 10.9. The summed E-state index contributed by atoms with van der Waals surface area (Å²) in [6.07, 6.45) is 24.9. The average molecular weight is 709 g/mol. The number of anilines is 3. The summed E-state index contributed by atoms with van der Waals surface area (Å²) in [7, 11) is 0. The zero-order valence-electron chi connectivity index (χ0n) is 33.0. The van der Waals surface area contributed by atoms with Crippen LogP contribution in [0.15, 0.2) is 54.6 Å². The fourth-order valence-corrected chi connectivity index (χ4v) is 8.65. The van der Waals surface area contributed by atoms with Crippen molar-refractivity contribution < 1.29 is 4.92 Å². The first-order chi connectivity index (χ1) is 25.5. The maximum absolute atomic E-state index is 11.7. The SMILES string of the molecule is CCCCCCCCc1c2c(c(N(c3ccccc3)c3ccc([N+](=O)[O-])cc3)c3c1CN(CCCCCCCC)C3)CN(CCCCCCCC)C2. The summed E-state index contributed by atoms with van der Waals surface area (Å²) in [4.78, 5) is 19.3. The standard InChI is InChI=1S/C46H68N4O2/c1-4-7-10-13-16-22-27-41-42-34-47(32-23-17-14-11-8-5-2)36-44(42)46(45-37-48(35-43(41)45)33-24-18-15-12-9-6-3)49(38-25-20-19-21-26-38)39-28-30-40(31-29-39)50(51)52/h19-21,25-26,28-31H,4-18,22-24,27,32-37H2,1-3H3. The molecule has 0 fully saturated rings. The molecular formula is C46H68N4O2. The summed E-state index contributed by atoms with van der Waals surface area (Å²) in [5, 5.41) is 11.7. The summed E-state index contributed by atoms with van der Waals surface area (Å²) in [6.45, 7) is 13.2. The van der Waals surface area contributed by atoms with E-state index in [0.29, 0.717) is 0 Å². The highest BCUT2D eigenvalue weighted by Crippen LogP contribution is 2.49. The molecule has 0 atom stereocenters. The van der Waals surface area contributed by atoms with Gasteiger partial charge in [-0.25, -0.2) is 0 Å². The molecule has 6 nitrogen and oxygen atoms in total. The summed E-state index contributed by atoms with van der Waals surface area (Å²) in [5.74, 6) is 0. The lowest BCUT2D eigenvalue weighted by atomic mass is 9.88. The van der Waals surface area contributed by atoms with Gasteiger partial charge in [-0.2, -0.15) is 0 Å². The fourth-order valence-electron chi connectivity index (χ4n) is 8.65. The maximum atomic E-state index is 11.7. The van der Waals surface area contributed by atoms with E-state index in [9.17, 15) is 10.1 Å². The predicted molar refractivity (Wildman–Crippen MR) is 220 cm³/mol. The van der Waals surface area contributed by atoms with Gasteiger partial charge in [0.15, 0.2) is 0 Å². The van der Waals surface area contributed by atoms with Crippen LogP contribution in [-0.4, -0.2) is 27.8 Å². The number of nitrogens with zero attached hydrogens (tertiary/aromatic N) is 4. The Morgan fingerprint density at radius 1 is 0.538 bits per heavy atom. The number of non-ortho nitro benzene ring substituents is 1. The van der Waals surface area contributed by atoms with E-state index in [1.165, 1.54) is 139 Å². The van der Waals surface area contributed by atoms with Crippen LogP contribution in [0.4, 0.5) is 22.7 Å². The summed E-state index contributed by atoms with van der Waals surface area (Å²) in [5.41, 5.74) is 11.4. The van der Waals surface area contributed by atoms with Gasteiger partial charge >= 0.3 is 0 Å². The van der Waals surface area contributed by atoms with E-state index in [1.807, 2.05) is 12.1 Å². The van der Waals surface area contributed by atoms with Crippen molar-refractivity contribution >= 4 is 22.7 Å². The lowest BCUT2D eigenvalue weighted by Gasteiger charge is -2.31. The molecular weight excluding hydrogens is 641 g/mol. The minimum Gasteiger partial charge on any atom is -0.310 e. The molecule has 0 unspecified atom stereocenters. The van der Waals surface area contributed by atoms with Crippen molar-refractivity contribution in [3.8, 4) is 0 Å². The Labute approximate surface area is 316 Å². The first-order valence-electron chi connectivity index (χ1n) is 21.3. The number of nitro benzene ring substituents is 1. The van der Waals surface area contributed by atoms with Gasteiger partial charge in [0, 0.05) is 49.7 Å². The summed E-state index contributed by atoms with van der Waals surface area (Å²) >= 11 is 0. The van der Waals surface area contributed by atoms with Crippen LogP contribution in [-0.2, 0) is 32.6 Å². The maximum Gasteiger partial charge on any atom is 0.269 e. The second-order valence-electron chi connectivity index (χ2n) is 15.7. The quantitative estimate of drug-likeness (QED) is 0.0498. The van der Waals surface area contributed by atoms with Crippen molar-refractivity contribution in [2.24, 2.45) is 0 Å². The Balaban J connectivity index is 1.53. The number of para-hydroxylation sites is 1. The van der Waals surface area contributed by atoms with Crippen LogP contribution in [0.1, 0.15) is 164 Å². The third-order valence-electron chi connectivity index (χ3n) is 11.5. The van der Waals surface area contributed by atoms with Gasteiger partial charge in [-0.15, -0.1) is 0 Å². The number of nitro groups is 1. The number of benzene rings is 3. The monoisotopic (exact) mass is 709 g/mol. The van der Waals surface area contributed by atoms with Crippen LogP contribution in [0, 0.1) is 10.1 Å². The molecule has 0 saturated heterocycles. The molecule has 3 aromatic rings. The van der Waals surface area contributed by atoms with Crippen LogP contribution < -0.4 is 4.90 Å². The van der Waals surface area contributed by atoms with Gasteiger partial charge in [-0.3, -0.25) is 19.9 Å². The molecule has 0 radical (unpaired) electrons. The minimum absolute atomic E-state index is 0.136. The van der Waals surface area contributed by atoms with E-state index in [0.717, 1.165) is 50.6 Å². The highest BCUT2D eigenvalue weighted by Gasteiger charge is 2.36. The molecule has 2 heterocycles. The van der Waals surface area contributed by atoms with Gasteiger partial charge in [0.1, 0.15) is 0 Å². The number of fused-ring (bicyclic) bond motifs is 2. The molecule has 0 saturated carbocycles. The number of hydrogen-bond donors (Lipinski definition) is 0. The molecule has 52 heavy (non-hydrogen) atoms. The molecule has 0 spiro atoms. The molecule has 284 valence electrons. The Kier molecular flexibility index (Phi) is 16.5. The summed E-state index contributed by atoms with van der Waals surface area (Å²) < 4.78 is 0. The number of unbranched alkanes of at least 4 members (excludes halogenated alkanes) is 15. The smallest absolute Gasteiger partial charge is 0.269 e. The zero-order valence-corrected chi connectivity index (χ0v) is 33.0. The molecule has 3 aromatic carbocycles.